The lowest BCUT2D eigenvalue weighted by molar-refractivity contribution is -0.150. The van der Waals surface area contributed by atoms with Crippen LogP contribution in [0.5, 0.6) is 0 Å². The topological polar surface area (TPSA) is 253 Å². The van der Waals surface area contributed by atoms with Gasteiger partial charge >= 0.3 is 5.97 Å². The molecule has 3 aromatic rings. The number of hydrazine groups is 1. The summed E-state index contributed by atoms with van der Waals surface area (Å²) < 4.78 is 1.61. The van der Waals surface area contributed by atoms with Crippen molar-refractivity contribution in [3.8, 4) is 0 Å². The number of nitrogens with one attached hydrogen (secondary N) is 2. The van der Waals surface area contributed by atoms with Crippen LogP contribution in [-0.4, -0.2) is 92.6 Å². The van der Waals surface area contributed by atoms with Crippen molar-refractivity contribution in [1.29, 1.82) is 0 Å². The minimum absolute atomic E-state index is 0.0475. The molecular formula is C25H28N10O7S3. The molecule has 5 rings (SSSR count). The Labute approximate surface area is 267 Å². The van der Waals surface area contributed by atoms with E-state index in [0.717, 1.165) is 21.9 Å². The van der Waals surface area contributed by atoms with Crippen LogP contribution in [0.15, 0.2) is 39.0 Å². The fourth-order valence-corrected chi connectivity index (χ4v) is 7.50. The van der Waals surface area contributed by atoms with Crippen LogP contribution >= 0.6 is 34.9 Å². The molecule has 2 aliphatic heterocycles. The van der Waals surface area contributed by atoms with Crippen molar-refractivity contribution in [3.63, 3.8) is 0 Å². The van der Waals surface area contributed by atoms with Gasteiger partial charge in [-0.3, -0.25) is 24.7 Å². The number of nitrogens with zero attached hydrogens (tertiary/aromatic N) is 6. The summed E-state index contributed by atoms with van der Waals surface area (Å²) in [6, 6.07) is 2.36. The van der Waals surface area contributed by atoms with E-state index in [4.69, 9.17) is 16.4 Å². The summed E-state index contributed by atoms with van der Waals surface area (Å²) in [5, 5.41) is 32.1. The lowest BCUT2D eigenvalue weighted by Gasteiger charge is -2.49. The standard InChI is InChI=1S/C25H28N10O7S3/c1-10-4-14-28-12(6-36)5-15(35(14)32-10)43-7-11-8-44-21-17(20(38)34(21)18(11)22(39)40)30-19(37)16(13-9-45-24(26)29-13)33-42-25(2,3)23(41)31-27/h4-5,9,17,21,36H,6-8,27H2,1-3H3,(H2,26,29)(H,30,37)(H,31,41)(H,39,40)/b33-16-/t17?,21-/m1/s1. The van der Waals surface area contributed by atoms with Gasteiger partial charge in [-0.1, -0.05) is 5.16 Å². The fourth-order valence-electron chi connectivity index (χ4n) is 4.44. The molecule has 0 radical (unpaired) electrons. The van der Waals surface area contributed by atoms with Crippen molar-refractivity contribution in [3.05, 3.63) is 45.9 Å². The van der Waals surface area contributed by atoms with Gasteiger partial charge in [0.05, 0.1) is 18.0 Å². The highest BCUT2D eigenvalue weighted by Crippen LogP contribution is 2.41. The van der Waals surface area contributed by atoms with E-state index in [1.165, 1.54) is 42.8 Å². The van der Waals surface area contributed by atoms with E-state index in [2.05, 4.69) is 25.5 Å². The Morgan fingerprint density at radius 1 is 1.29 bits per heavy atom. The minimum Gasteiger partial charge on any atom is -0.477 e. The first-order chi connectivity index (χ1) is 21.3. The van der Waals surface area contributed by atoms with E-state index < -0.39 is 40.7 Å². The normalized spacial score (nSPS) is 18.5. The number of rotatable bonds is 11. The van der Waals surface area contributed by atoms with Gasteiger partial charge in [0.15, 0.2) is 16.5 Å². The highest BCUT2D eigenvalue weighted by atomic mass is 32.2. The average molecular weight is 677 g/mol. The maximum atomic E-state index is 13.4. The highest BCUT2D eigenvalue weighted by Gasteiger charge is 2.54. The molecule has 3 amide bonds. The number of aliphatic carboxylic acids is 1. The van der Waals surface area contributed by atoms with Crippen LogP contribution in [0.3, 0.4) is 0 Å². The third kappa shape index (κ3) is 6.31. The molecule has 3 aromatic heterocycles. The number of hydrogen-bond donors (Lipinski definition) is 6. The molecule has 0 aliphatic carbocycles. The van der Waals surface area contributed by atoms with Crippen LogP contribution in [0.1, 0.15) is 30.9 Å². The summed E-state index contributed by atoms with van der Waals surface area (Å²) >= 11 is 3.63. The van der Waals surface area contributed by atoms with Gasteiger partial charge < -0.3 is 26.1 Å². The number of thioether (sulfide) groups is 2. The molecule has 1 unspecified atom stereocenters. The zero-order valence-electron chi connectivity index (χ0n) is 24.0. The number of aromatic nitrogens is 4. The van der Waals surface area contributed by atoms with E-state index in [9.17, 15) is 29.4 Å². The summed E-state index contributed by atoms with van der Waals surface area (Å²) in [7, 11) is 0. The number of carbonyl (C=O) groups is 4. The number of oxime groups is 1. The Hall–Kier alpha value is -4.24. The van der Waals surface area contributed by atoms with Gasteiger partial charge in [-0.15, -0.1) is 34.9 Å². The number of β-lactam (4-membered cyclic amide) rings is 1. The summed E-state index contributed by atoms with van der Waals surface area (Å²) in [6.45, 7) is 4.29. The van der Waals surface area contributed by atoms with E-state index in [0.29, 0.717) is 21.9 Å². The third-order valence-corrected chi connectivity index (χ3v) is 9.78. The van der Waals surface area contributed by atoms with Gasteiger partial charge in [0.2, 0.25) is 5.60 Å². The van der Waals surface area contributed by atoms with Gasteiger partial charge in [-0.2, -0.15) is 5.10 Å². The Morgan fingerprint density at radius 2 is 2.04 bits per heavy atom. The number of amides is 3. The molecule has 2 atom stereocenters. The number of aliphatic hydroxyl groups is 1. The van der Waals surface area contributed by atoms with Crippen molar-refractivity contribution in [2.75, 3.05) is 17.2 Å². The molecule has 45 heavy (non-hydrogen) atoms. The second-order valence-electron chi connectivity index (χ2n) is 10.3. The molecule has 2 aliphatic rings. The number of fused-ring (bicyclic) bond motifs is 2. The predicted molar refractivity (Wildman–Crippen MR) is 165 cm³/mol. The Morgan fingerprint density at radius 3 is 2.69 bits per heavy atom. The summed E-state index contributed by atoms with van der Waals surface area (Å²) in [4.78, 5) is 66.0. The van der Waals surface area contributed by atoms with Crippen LogP contribution in [0, 0.1) is 6.92 Å². The maximum Gasteiger partial charge on any atom is 0.352 e. The smallest absolute Gasteiger partial charge is 0.352 e. The van der Waals surface area contributed by atoms with Gasteiger partial charge in [0, 0.05) is 23.0 Å². The first-order valence-electron chi connectivity index (χ1n) is 13.1. The van der Waals surface area contributed by atoms with Crippen molar-refractivity contribution < 1.29 is 34.2 Å². The number of hydrogen-bond acceptors (Lipinski definition) is 15. The van der Waals surface area contributed by atoms with Gasteiger partial charge in [0.1, 0.15) is 27.8 Å². The van der Waals surface area contributed by atoms with Gasteiger partial charge in [0.25, 0.3) is 17.7 Å². The number of aryl methyl sites for hydroxylation is 1. The zero-order valence-corrected chi connectivity index (χ0v) is 26.5. The number of carboxylic acid groups (broad SMARTS) is 1. The van der Waals surface area contributed by atoms with Crippen LogP contribution in [0.25, 0.3) is 5.65 Å². The third-order valence-electron chi connectivity index (χ3n) is 6.69. The van der Waals surface area contributed by atoms with Crippen molar-refractivity contribution >= 4 is 75.0 Å². The summed E-state index contributed by atoms with van der Waals surface area (Å²) in [5.41, 5.74) is 7.86. The minimum atomic E-state index is -1.56. The summed E-state index contributed by atoms with van der Waals surface area (Å²) in [5.74, 6) is 2.21. The molecule has 1 saturated heterocycles. The first kappa shape index (κ1) is 32.2. The summed E-state index contributed by atoms with van der Waals surface area (Å²) in [6.07, 6.45) is 0. The Balaban J connectivity index is 1.35. The highest BCUT2D eigenvalue weighted by molar-refractivity contribution is 8.01. The molecule has 0 saturated carbocycles. The van der Waals surface area contributed by atoms with E-state index in [1.54, 1.807) is 16.6 Å². The van der Waals surface area contributed by atoms with Crippen LogP contribution in [-0.2, 0) is 30.6 Å². The van der Waals surface area contributed by atoms with Crippen molar-refractivity contribution in [2.24, 2.45) is 11.0 Å². The van der Waals surface area contributed by atoms with E-state index in [1.807, 2.05) is 12.3 Å². The molecular weight excluding hydrogens is 649 g/mol. The number of carbonyl (C=O) groups excluding carboxylic acids is 3. The monoisotopic (exact) mass is 676 g/mol. The number of thiazole rings is 1. The van der Waals surface area contributed by atoms with Crippen LogP contribution in [0.4, 0.5) is 5.13 Å². The fraction of sp³-hybridized carbons (Fsp3) is 0.360. The van der Waals surface area contributed by atoms with Crippen LogP contribution < -0.4 is 22.3 Å². The molecule has 0 bridgehead atoms. The number of aliphatic hydroxyl groups excluding tert-OH is 1. The van der Waals surface area contributed by atoms with Crippen molar-refractivity contribution in [2.45, 2.75) is 49.4 Å². The molecule has 17 nitrogen and oxygen atoms in total. The maximum absolute atomic E-state index is 13.4. The van der Waals surface area contributed by atoms with Gasteiger partial charge in [-0.25, -0.2) is 25.1 Å². The van der Waals surface area contributed by atoms with E-state index >= 15 is 0 Å². The molecule has 5 heterocycles. The Bertz CT molecular complexity index is 1770. The van der Waals surface area contributed by atoms with Crippen LogP contribution in [0.2, 0.25) is 0 Å². The average Bonchev–Trinajstić information content (AvgIpc) is 3.61. The lowest BCUT2D eigenvalue weighted by Crippen LogP contribution is -2.71. The van der Waals surface area contributed by atoms with E-state index in [-0.39, 0.29) is 40.3 Å². The molecule has 238 valence electrons. The quantitative estimate of drug-likeness (QED) is 0.0287. The van der Waals surface area contributed by atoms with Crippen molar-refractivity contribution in [1.82, 2.24) is 35.2 Å². The SMILES string of the molecule is Cc1cc2nc(CO)cc(SCC3=C(C(=O)O)N4C(=O)C(NC(=O)/C(=N\OC(C)(C)C(=O)NN)c5csc(N)n5)[C@H]4SC3)n2n1. The number of anilines is 1. The predicted octanol–water partition coefficient (Wildman–Crippen LogP) is -0.411. The second kappa shape index (κ2) is 12.6. The number of nitrogen functional groups attached to an aromatic ring is 1. The number of carboxylic acids is 1. The zero-order chi connectivity index (χ0) is 32.6. The number of nitrogens with two attached hydrogens (primary N) is 2. The largest absolute Gasteiger partial charge is 0.477 e. The molecule has 1 fully saturated rings. The first-order valence-corrected chi connectivity index (χ1v) is 16.1. The molecule has 0 spiro atoms. The molecule has 0 aromatic carbocycles. The molecule has 8 N–H and O–H groups in total. The Kier molecular flexibility index (Phi) is 9.03. The van der Waals surface area contributed by atoms with Gasteiger partial charge in [-0.05, 0) is 32.4 Å². The molecule has 20 heteroatoms. The lowest BCUT2D eigenvalue weighted by atomic mass is 10.0. The second-order valence-corrected chi connectivity index (χ2v) is 13.3.